The minimum Gasteiger partial charge on any atom is -0.377 e. The molecular formula is C20H29N5O3. The van der Waals surface area contributed by atoms with Crippen molar-refractivity contribution in [3.63, 3.8) is 0 Å². The first kappa shape index (κ1) is 18.1. The fraction of sp³-hybridized carbons (Fsp3) is 0.800. The van der Waals surface area contributed by atoms with Gasteiger partial charge in [0.05, 0.1) is 13.2 Å². The molecule has 2 amide bonds. The molecule has 8 nitrogen and oxygen atoms in total. The van der Waals surface area contributed by atoms with Gasteiger partial charge in [0, 0.05) is 24.9 Å². The van der Waals surface area contributed by atoms with Crippen molar-refractivity contribution in [1.82, 2.24) is 25.4 Å². The normalized spacial score (nSPS) is 36.5. The predicted octanol–water partition coefficient (Wildman–Crippen LogP) is 1.43. The highest BCUT2D eigenvalue weighted by Crippen LogP contribution is 2.60. The smallest absolute Gasteiger partial charge is 0.226 e. The van der Waals surface area contributed by atoms with E-state index in [9.17, 15) is 9.59 Å². The summed E-state index contributed by atoms with van der Waals surface area (Å²) >= 11 is 0. The third-order valence-electron chi connectivity index (χ3n) is 7.34. The summed E-state index contributed by atoms with van der Waals surface area (Å²) in [7, 11) is 0. The Hall–Kier alpha value is -1.96. The van der Waals surface area contributed by atoms with Gasteiger partial charge in [-0.1, -0.05) is 0 Å². The summed E-state index contributed by atoms with van der Waals surface area (Å²) < 4.78 is 5.52. The Morgan fingerprint density at radius 3 is 2.57 bits per heavy atom. The number of hydrogen-bond donors (Lipinski definition) is 2. The van der Waals surface area contributed by atoms with Gasteiger partial charge in [0.25, 0.3) is 0 Å². The number of nitrogens with one attached hydrogen (secondary N) is 2. The fourth-order valence-corrected chi connectivity index (χ4v) is 6.51. The molecule has 1 aromatic heterocycles. The Morgan fingerprint density at radius 2 is 1.93 bits per heavy atom. The first-order valence-corrected chi connectivity index (χ1v) is 10.6. The van der Waals surface area contributed by atoms with E-state index >= 15 is 0 Å². The molecule has 8 heteroatoms. The Balaban J connectivity index is 1.16. The summed E-state index contributed by atoms with van der Waals surface area (Å²) in [5, 5.41) is 9.82. The van der Waals surface area contributed by atoms with Crippen LogP contribution in [-0.2, 0) is 14.3 Å². The number of carbonyl (C=O) groups excluding carboxylic acids is 2. The Morgan fingerprint density at radius 1 is 1.21 bits per heavy atom. The second-order valence-electron chi connectivity index (χ2n) is 9.25. The molecule has 0 aromatic carbocycles. The van der Waals surface area contributed by atoms with Crippen LogP contribution in [0.3, 0.4) is 0 Å². The molecule has 4 aliphatic carbocycles. The number of rotatable bonds is 5. The van der Waals surface area contributed by atoms with E-state index in [0.717, 1.165) is 37.0 Å². The fourth-order valence-electron chi connectivity index (χ4n) is 6.51. The first-order chi connectivity index (χ1) is 13.6. The summed E-state index contributed by atoms with van der Waals surface area (Å²) in [6.07, 6.45) is 8.88. The molecule has 0 radical (unpaired) electrons. The van der Waals surface area contributed by atoms with Crippen LogP contribution < -0.4 is 5.32 Å². The molecule has 2 heterocycles. The number of carbonyl (C=O) groups is 2. The van der Waals surface area contributed by atoms with Gasteiger partial charge in [-0.25, -0.2) is 4.98 Å². The Kier molecular flexibility index (Phi) is 4.61. The lowest BCUT2D eigenvalue weighted by Crippen LogP contribution is -2.54. The molecule has 152 valence electrons. The third kappa shape index (κ3) is 3.21. The highest BCUT2D eigenvalue weighted by Gasteiger charge is 2.54. The zero-order valence-electron chi connectivity index (χ0n) is 16.2. The summed E-state index contributed by atoms with van der Waals surface area (Å²) in [6, 6.07) is -0.234. The quantitative estimate of drug-likeness (QED) is 0.796. The molecule has 6 rings (SSSR count). The summed E-state index contributed by atoms with van der Waals surface area (Å²) in [6.45, 7) is 1.88. The van der Waals surface area contributed by atoms with E-state index in [0.29, 0.717) is 38.5 Å². The van der Waals surface area contributed by atoms with E-state index in [1.165, 1.54) is 25.6 Å². The van der Waals surface area contributed by atoms with E-state index < -0.39 is 0 Å². The van der Waals surface area contributed by atoms with E-state index in [-0.39, 0.29) is 23.3 Å². The standard InChI is InChI=1S/C20H29N5O3/c26-17(25-3-4-28-11-16(25)18-22-12-23-24-18)1-2-21-19(27)20-8-13-5-14(9-20)7-15(6-13)10-20/h12-16H,1-11H2,(H,21,27)(H,22,23,24). The second-order valence-corrected chi connectivity index (χ2v) is 9.25. The van der Waals surface area contributed by atoms with Gasteiger partial charge >= 0.3 is 0 Å². The van der Waals surface area contributed by atoms with E-state index in [1.54, 1.807) is 4.90 Å². The van der Waals surface area contributed by atoms with Crippen molar-refractivity contribution in [2.45, 2.75) is 51.0 Å². The summed E-state index contributed by atoms with van der Waals surface area (Å²) in [4.78, 5) is 31.8. The van der Waals surface area contributed by atoms with Crippen molar-refractivity contribution in [2.24, 2.45) is 23.2 Å². The molecular weight excluding hydrogens is 358 g/mol. The molecule has 4 bridgehead atoms. The number of aromatic amines is 1. The number of hydrogen-bond acceptors (Lipinski definition) is 5. The van der Waals surface area contributed by atoms with Gasteiger partial charge < -0.3 is 15.0 Å². The predicted molar refractivity (Wildman–Crippen MR) is 99.9 cm³/mol. The van der Waals surface area contributed by atoms with Gasteiger partial charge in [-0.05, 0) is 56.3 Å². The van der Waals surface area contributed by atoms with Crippen LogP contribution in [0.25, 0.3) is 0 Å². The van der Waals surface area contributed by atoms with Crippen LogP contribution in [0.5, 0.6) is 0 Å². The minimum atomic E-state index is -0.234. The molecule has 5 fully saturated rings. The van der Waals surface area contributed by atoms with Crippen LogP contribution in [0.1, 0.15) is 56.8 Å². The second kappa shape index (κ2) is 7.13. The third-order valence-corrected chi connectivity index (χ3v) is 7.34. The van der Waals surface area contributed by atoms with Crippen LogP contribution in [0, 0.1) is 23.2 Å². The van der Waals surface area contributed by atoms with Crippen molar-refractivity contribution in [2.75, 3.05) is 26.3 Å². The molecule has 28 heavy (non-hydrogen) atoms. The molecule has 1 aliphatic heterocycles. The van der Waals surface area contributed by atoms with Crippen molar-refractivity contribution >= 4 is 11.8 Å². The molecule has 1 unspecified atom stereocenters. The monoisotopic (exact) mass is 387 g/mol. The molecule has 0 spiro atoms. The van der Waals surface area contributed by atoms with Crippen LogP contribution in [0.2, 0.25) is 0 Å². The van der Waals surface area contributed by atoms with Crippen molar-refractivity contribution < 1.29 is 14.3 Å². The Labute approximate surface area is 164 Å². The van der Waals surface area contributed by atoms with Gasteiger partial charge in [-0.2, -0.15) is 5.10 Å². The van der Waals surface area contributed by atoms with Crippen LogP contribution in [-0.4, -0.2) is 58.2 Å². The summed E-state index contributed by atoms with van der Waals surface area (Å²) in [5.74, 6) is 3.09. The molecule has 5 aliphatic rings. The minimum absolute atomic E-state index is 0.0236. The number of amides is 2. The van der Waals surface area contributed by atoms with E-state index in [1.807, 2.05) is 0 Å². The van der Waals surface area contributed by atoms with Crippen LogP contribution in [0.4, 0.5) is 0 Å². The van der Waals surface area contributed by atoms with Gasteiger partial charge in [0.2, 0.25) is 11.8 Å². The lowest BCUT2D eigenvalue weighted by Gasteiger charge is -2.55. The summed E-state index contributed by atoms with van der Waals surface area (Å²) in [5.41, 5.74) is -0.154. The van der Waals surface area contributed by atoms with Gasteiger partial charge in [0.1, 0.15) is 18.2 Å². The maximum absolute atomic E-state index is 13.0. The van der Waals surface area contributed by atoms with E-state index in [2.05, 4.69) is 20.5 Å². The number of aromatic nitrogens is 3. The lowest BCUT2D eigenvalue weighted by atomic mass is 9.49. The highest BCUT2D eigenvalue weighted by atomic mass is 16.5. The van der Waals surface area contributed by atoms with Crippen molar-refractivity contribution in [1.29, 1.82) is 0 Å². The molecule has 4 saturated carbocycles. The maximum atomic E-state index is 13.0. The zero-order valence-corrected chi connectivity index (χ0v) is 16.2. The average molecular weight is 387 g/mol. The largest absolute Gasteiger partial charge is 0.377 e. The van der Waals surface area contributed by atoms with Crippen LogP contribution >= 0.6 is 0 Å². The first-order valence-electron chi connectivity index (χ1n) is 10.6. The van der Waals surface area contributed by atoms with Gasteiger partial charge in [-0.15, -0.1) is 0 Å². The zero-order chi connectivity index (χ0) is 19.1. The van der Waals surface area contributed by atoms with Gasteiger partial charge in [0.15, 0.2) is 0 Å². The molecule has 1 aromatic rings. The SMILES string of the molecule is O=C(CCNC(=O)C12CC3CC(CC(C3)C1)C2)N1CCOCC1c1ncn[nH]1. The Bertz CT molecular complexity index is 699. The molecule has 2 N–H and O–H groups in total. The topological polar surface area (TPSA) is 100 Å². The number of H-pyrrole nitrogens is 1. The number of nitrogens with zero attached hydrogens (tertiary/aromatic N) is 3. The highest BCUT2D eigenvalue weighted by molar-refractivity contribution is 5.84. The van der Waals surface area contributed by atoms with Crippen molar-refractivity contribution in [3.8, 4) is 0 Å². The maximum Gasteiger partial charge on any atom is 0.226 e. The van der Waals surface area contributed by atoms with Crippen LogP contribution in [0.15, 0.2) is 6.33 Å². The van der Waals surface area contributed by atoms with E-state index in [4.69, 9.17) is 4.74 Å². The molecule has 1 atom stereocenters. The molecule has 1 saturated heterocycles. The number of morpholine rings is 1. The van der Waals surface area contributed by atoms with Crippen molar-refractivity contribution in [3.05, 3.63) is 12.2 Å². The number of ether oxygens (including phenoxy) is 1. The lowest BCUT2D eigenvalue weighted by molar-refractivity contribution is -0.146. The average Bonchev–Trinajstić information content (AvgIpc) is 3.21. The van der Waals surface area contributed by atoms with Gasteiger partial charge in [-0.3, -0.25) is 14.7 Å².